The zero-order chi connectivity index (χ0) is 18.7. The maximum Gasteiger partial charge on any atom is 0.231 e. The van der Waals surface area contributed by atoms with Crippen LogP contribution in [-0.2, 0) is 4.79 Å². The minimum Gasteiger partial charge on any atom is -0.325 e. The van der Waals surface area contributed by atoms with Crippen LogP contribution < -0.4 is 5.32 Å². The summed E-state index contributed by atoms with van der Waals surface area (Å²) in [7, 11) is 0. The average molecular weight is 347 g/mol. The fourth-order valence-corrected chi connectivity index (χ4v) is 2.93. The van der Waals surface area contributed by atoms with Crippen molar-refractivity contribution in [1.29, 1.82) is 0 Å². The van der Waals surface area contributed by atoms with Crippen molar-refractivity contribution in [1.82, 2.24) is 0 Å². The molecule has 0 saturated carbocycles. The zero-order valence-corrected chi connectivity index (χ0v) is 15.2. The Labute approximate surface area is 153 Å². The van der Waals surface area contributed by atoms with E-state index in [1.807, 2.05) is 68.4 Å². The Hall–Kier alpha value is -2.94. The second-order valence-corrected chi connectivity index (χ2v) is 6.56. The lowest BCUT2D eigenvalue weighted by Crippen LogP contribution is -2.19. The minimum atomic E-state index is -0.450. The van der Waals surface area contributed by atoms with Crippen LogP contribution in [0, 0.1) is 19.7 Å². The Morgan fingerprint density at radius 3 is 2.38 bits per heavy atom. The third kappa shape index (κ3) is 3.67. The molecule has 26 heavy (non-hydrogen) atoms. The topological polar surface area (TPSA) is 29.1 Å². The number of rotatable bonds is 4. The van der Waals surface area contributed by atoms with Gasteiger partial charge < -0.3 is 5.32 Å². The molecule has 0 aromatic heterocycles. The third-order valence-corrected chi connectivity index (χ3v) is 4.83. The highest BCUT2D eigenvalue weighted by Gasteiger charge is 2.18. The van der Waals surface area contributed by atoms with Gasteiger partial charge in [-0.25, -0.2) is 4.39 Å². The number of carbonyl (C=O) groups excluding carboxylic acids is 1. The van der Waals surface area contributed by atoms with E-state index in [-0.39, 0.29) is 11.7 Å². The van der Waals surface area contributed by atoms with Gasteiger partial charge in [0.25, 0.3) is 0 Å². The van der Waals surface area contributed by atoms with Gasteiger partial charge >= 0.3 is 0 Å². The van der Waals surface area contributed by atoms with Crippen molar-refractivity contribution in [2.45, 2.75) is 26.7 Å². The lowest BCUT2D eigenvalue weighted by Gasteiger charge is -2.16. The monoisotopic (exact) mass is 347 g/mol. The number of hydrogen-bond acceptors (Lipinski definition) is 1. The van der Waals surface area contributed by atoms with Gasteiger partial charge in [0, 0.05) is 11.3 Å². The molecule has 3 heteroatoms. The van der Waals surface area contributed by atoms with E-state index < -0.39 is 5.92 Å². The van der Waals surface area contributed by atoms with E-state index in [1.165, 1.54) is 6.07 Å². The lowest BCUT2D eigenvalue weighted by molar-refractivity contribution is -0.117. The lowest BCUT2D eigenvalue weighted by atomic mass is 9.96. The summed E-state index contributed by atoms with van der Waals surface area (Å²) < 4.78 is 14.6. The van der Waals surface area contributed by atoms with Crippen molar-refractivity contribution >= 4 is 11.6 Å². The van der Waals surface area contributed by atoms with Crippen LogP contribution in [0.1, 0.15) is 29.5 Å². The van der Waals surface area contributed by atoms with Crippen LogP contribution in [0.5, 0.6) is 0 Å². The van der Waals surface area contributed by atoms with E-state index >= 15 is 0 Å². The van der Waals surface area contributed by atoms with Gasteiger partial charge in [-0.3, -0.25) is 4.79 Å². The number of anilines is 1. The molecule has 132 valence electrons. The molecule has 1 amide bonds. The molecular formula is C23H22FNO. The smallest absolute Gasteiger partial charge is 0.231 e. The van der Waals surface area contributed by atoms with Gasteiger partial charge in [-0.15, -0.1) is 0 Å². The molecule has 1 N–H and O–H groups in total. The molecule has 0 heterocycles. The predicted molar refractivity (Wildman–Crippen MR) is 105 cm³/mol. The highest BCUT2D eigenvalue weighted by Crippen LogP contribution is 2.27. The summed E-state index contributed by atoms with van der Waals surface area (Å²) in [5.74, 6) is -0.917. The first-order chi connectivity index (χ1) is 12.5. The second kappa shape index (κ2) is 7.52. The molecule has 0 unspecified atom stereocenters. The third-order valence-electron chi connectivity index (χ3n) is 4.83. The number of benzene rings is 3. The minimum absolute atomic E-state index is 0.148. The van der Waals surface area contributed by atoms with Crippen LogP contribution in [0.15, 0.2) is 66.7 Å². The molecule has 0 radical (unpaired) electrons. The number of halogens is 1. The highest BCUT2D eigenvalue weighted by molar-refractivity contribution is 5.96. The molecule has 0 aliphatic carbocycles. The van der Waals surface area contributed by atoms with Crippen LogP contribution in [0.25, 0.3) is 11.1 Å². The fourth-order valence-electron chi connectivity index (χ4n) is 2.93. The van der Waals surface area contributed by atoms with Gasteiger partial charge in [-0.1, -0.05) is 54.6 Å². The van der Waals surface area contributed by atoms with Crippen LogP contribution in [-0.4, -0.2) is 5.91 Å². The first-order valence-corrected chi connectivity index (χ1v) is 8.69. The molecule has 0 aliphatic rings. The summed E-state index contributed by atoms with van der Waals surface area (Å²) in [6.07, 6.45) is 0. The first-order valence-electron chi connectivity index (χ1n) is 8.69. The van der Waals surface area contributed by atoms with Crippen LogP contribution in [0.3, 0.4) is 0 Å². The molecule has 2 nitrogen and oxygen atoms in total. The molecule has 1 atom stereocenters. The Bertz CT molecular complexity index is 934. The van der Waals surface area contributed by atoms with E-state index in [9.17, 15) is 9.18 Å². The molecule has 3 aromatic rings. The summed E-state index contributed by atoms with van der Waals surface area (Å²) in [5, 5.41) is 2.95. The van der Waals surface area contributed by atoms with Gasteiger partial charge in [-0.2, -0.15) is 0 Å². The largest absolute Gasteiger partial charge is 0.325 e. The van der Waals surface area contributed by atoms with Crippen molar-refractivity contribution in [2.24, 2.45) is 0 Å². The maximum atomic E-state index is 14.6. The number of nitrogens with one attached hydrogen (secondary N) is 1. The van der Waals surface area contributed by atoms with E-state index in [0.717, 1.165) is 22.4 Å². The second-order valence-electron chi connectivity index (χ2n) is 6.56. The molecule has 0 aliphatic heterocycles. The standard InChI is InChI=1S/C23H22FNO/c1-15-8-7-11-22(16(15)2)25-23(26)17(3)19-12-13-20(21(24)14-19)18-9-5-4-6-10-18/h4-14,17H,1-3H3,(H,25,26)/t17-/m1/s1. The van der Waals surface area contributed by atoms with Gasteiger partial charge in [-0.05, 0) is 55.2 Å². The van der Waals surface area contributed by atoms with Crippen molar-refractivity contribution in [2.75, 3.05) is 5.32 Å². The summed E-state index contributed by atoms with van der Waals surface area (Å²) in [6, 6.07) is 20.2. The normalized spacial score (nSPS) is 11.8. The van der Waals surface area contributed by atoms with Gasteiger partial charge in [0.1, 0.15) is 5.82 Å². The number of aryl methyl sites for hydroxylation is 1. The van der Waals surface area contributed by atoms with Crippen LogP contribution >= 0.6 is 0 Å². The van der Waals surface area contributed by atoms with Crippen molar-refractivity contribution < 1.29 is 9.18 Å². The molecule has 0 fully saturated rings. The molecule has 0 spiro atoms. The quantitative estimate of drug-likeness (QED) is 0.630. The van der Waals surface area contributed by atoms with Crippen molar-refractivity contribution in [3.8, 4) is 11.1 Å². The average Bonchev–Trinajstić information content (AvgIpc) is 2.65. The SMILES string of the molecule is Cc1cccc(NC(=O)[C@H](C)c2ccc(-c3ccccc3)c(F)c2)c1C. The van der Waals surface area contributed by atoms with Gasteiger partial charge in [0.2, 0.25) is 5.91 Å². The number of amides is 1. The summed E-state index contributed by atoms with van der Waals surface area (Å²) >= 11 is 0. The summed E-state index contributed by atoms with van der Waals surface area (Å²) in [4.78, 5) is 12.6. The molecular weight excluding hydrogens is 325 g/mol. The molecule has 3 rings (SSSR count). The molecule has 0 bridgehead atoms. The van der Waals surface area contributed by atoms with E-state index in [1.54, 1.807) is 13.0 Å². The Morgan fingerprint density at radius 2 is 1.69 bits per heavy atom. The van der Waals surface area contributed by atoms with Crippen LogP contribution in [0.2, 0.25) is 0 Å². The molecule has 3 aromatic carbocycles. The van der Waals surface area contributed by atoms with Gasteiger partial charge in [0.05, 0.1) is 5.92 Å². The summed E-state index contributed by atoms with van der Waals surface area (Å²) in [5.41, 5.74) is 4.97. The van der Waals surface area contributed by atoms with E-state index in [4.69, 9.17) is 0 Å². The van der Waals surface area contributed by atoms with Crippen molar-refractivity contribution in [3.63, 3.8) is 0 Å². The van der Waals surface area contributed by atoms with E-state index in [2.05, 4.69) is 5.32 Å². The zero-order valence-electron chi connectivity index (χ0n) is 15.2. The van der Waals surface area contributed by atoms with Crippen molar-refractivity contribution in [3.05, 3.63) is 89.2 Å². The fraction of sp³-hybridized carbons (Fsp3) is 0.174. The predicted octanol–water partition coefficient (Wildman–Crippen LogP) is 5.85. The highest BCUT2D eigenvalue weighted by atomic mass is 19.1. The Kier molecular flexibility index (Phi) is 5.17. The summed E-state index contributed by atoms with van der Waals surface area (Å²) in [6.45, 7) is 5.77. The first kappa shape index (κ1) is 17.9. The molecule has 0 saturated heterocycles. The van der Waals surface area contributed by atoms with Gasteiger partial charge in [0.15, 0.2) is 0 Å². The number of carbonyl (C=O) groups is 1. The number of hydrogen-bond donors (Lipinski definition) is 1. The Morgan fingerprint density at radius 1 is 0.962 bits per heavy atom. The maximum absolute atomic E-state index is 14.6. The Balaban J connectivity index is 1.81. The van der Waals surface area contributed by atoms with E-state index in [0.29, 0.717) is 11.1 Å². The van der Waals surface area contributed by atoms with Crippen LogP contribution in [0.4, 0.5) is 10.1 Å².